The zero-order chi connectivity index (χ0) is 24.6. The molecule has 0 radical (unpaired) electrons. The third-order valence-electron chi connectivity index (χ3n) is 5.96. The lowest BCUT2D eigenvalue weighted by atomic mass is 9.86. The molecule has 1 fully saturated rings. The molecule has 1 heterocycles. The first-order valence-corrected chi connectivity index (χ1v) is 12.0. The first-order valence-electron chi connectivity index (χ1n) is 10.8. The van der Waals surface area contributed by atoms with Crippen LogP contribution in [-0.2, 0) is 16.8 Å². The van der Waals surface area contributed by atoms with Crippen LogP contribution in [0.15, 0.2) is 24.8 Å². The van der Waals surface area contributed by atoms with Crippen LogP contribution in [0.3, 0.4) is 0 Å². The first-order chi connectivity index (χ1) is 15.4. The molecule has 33 heavy (non-hydrogen) atoms. The summed E-state index contributed by atoms with van der Waals surface area (Å²) in [5, 5.41) is 20.6. The van der Waals surface area contributed by atoms with Crippen molar-refractivity contribution in [1.82, 2.24) is 15.6 Å². The van der Waals surface area contributed by atoms with Crippen molar-refractivity contribution in [1.29, 1.82) is 0 Å². The van der Waals surface area contributed by atoms with Gasteiger partial charge in [-0.05, 0) is 42.4 Å². The Kier molecular flexibility index (Phi) is 7.10. The zero-order valence-electron chi connectivity index (χ0n) is 19.6. The number of hydrogen-bond acceptors (Lipinski definition) is 6. The van der Waals surface area contributed by atoms with Gasteiger partial charge in [0.1, 0.15) is 16.5 Å². The Hall–Kier alpha value is -2.58. The van der Waals surface area contributed by atoms with Crippen LogP contribution < -0.4 is 16.0 Å². The van der Waals surface area contributed by atoms with Gasteiger partial charge in [0.15, 0.2) is 0 Å². The summed E-state index contributed by atoms with van der Waals surface area (Å²) in [6.45, 7) is 14.2. The molecule has 1 aromatic carbocycles. The first kappa shape index (κ1) is 25.1. The lowest BCUT2D eigenvalue weighted by Gasteiger charge is -2.22. The van der Waals surface area contributed by atoms with Crippen LogP contribution in [0.1, 0.15) is 60.1 Å². The van der Waals surface area contributed by atoms with E-state index in [4.69, 9.17) is 11.6 Å². The van der Waals surface area contributed by atoms with Gasteiger partial charge < -0.3 is 21.1 Å². The minimum atomic E-state index is -0.456. The molecule has 2 atom stereocenters. The van der Waals surface area contributed by atoms with Crippen molar-refractivity contribution in [2.24, 2.45) is 5.92 Å². The number of aryl methyl sites for hydroxylation is 1. The molecule has 2 amide bonds. The third-order valence-corrected chi connectivity index (χ3v) is 7.24. The molecular weight excluding hydrogens is 460 g/mol. The number of nitrogens with zero attached hydrogens (tertiary/aromatic N) is 1. The number of rotatable bonds is 8. The summed E-state index contributed by atoms with van der Waals surface area (Å²) < 4.78 is 0. The summed E-state index contributed by atoms with van der Waals surface area (Å²) in [5.41, 5.74) is 1.23. The Morgan fingerprint density at radius 2 is 2.06 bits per heavy atom. The Labute approximate surface area is 203 Å². The number of amides is 2. The van der Waals surface area contributed by atoms with Crippen molar-refractivity contribution in [2.45, 2.75) is 58.5 Å². The third kappa shape index (κ3) is 5.68. The molecule has 7 nitrogen and oxygen atoms in total. The van der Waals surface area contributed by atoms with Crippen LogP contribution in [-0.4, -0.2) is 34.0 Å². The molecule has 178 valence electrons. The predicted molar refractivity (Wildman–Crippen MR) is 133 cm³/mol. The highest BCUT2D eigenvalue weighted by molar-refractivity contribution is 7.11. The lowest BCUT2D eigenvalue weighted by Crippen LogP contribution is -2.47. The van der Waals surface area contributed by atoms with Gasteiger partial charge in [0.05, 0.1) is 17.8 Å². The van der Waals surface area contributed by atoms with Gasteiger partial charge in [-0.3, -0.25) is 9.59 Å². The second-order valence-corrected chi connectivity index (χ2v) is 11.3. The summed E-state index contributed by atoms with van der Waals surface area (Å²) >= 11 is 7.73. The van der Waals surface area contributed by atoms with Crippen molar-refractivity contribution in [3.8, 4) is 5.75 Å². The minimum Gasteiger partial charge on any atom is -0.506 e. The van der Waals surface area contributed by atoms with E-state index in [9.17, 15) is 14.7 Å². The molecule has 0 saturated heterocycles. The number of carbonyl (C=O) groups excluding carboxylic acids is 2. The Morgan fingerprint density at radius 3 is 2.64 bits per heavy atom. The highest BCUT2D eigenvalue weighted by Gasteiger charge is 2.52. The monoisotopic (exact) mass is 490 g/mol. The molecule has 3 rings (SSSR count). The van der Waals surface area contributed by atoms with Crippen LogP contribution in [0.4, 0.5) is 5.69 Å². The number of nitrogens with one attached hydrogen (secondary N) is 3. The number of halogens is 1. The Balaban J connectivity index is 1.69. The van der Waals surface area contributed by atoms with E-state index in [1.807, 2.05) is 19.9 Å². The maximum Gasteiger partial charge on any atom is 0.271 e. The summed E-state index contributed by atoms with van der Waals surface area (Å²) in [5.74, 6) is -0.195. The average molecular weight is 491 g/mol. The largest absolute Gasteiger partial charge is 0.506 e. The quantitative estimate of drug-likeness (QED) is 0.321. The normalized spacial score (nSPS) is 19.6. The molecular formula is C24H31ClN4O3S. The van der Waals surface area contributed by atoms with Crippen molar-refractivity contribution in [3.05, 3.63) is 51.0 Å². The molecule has 1 aromatic heterocycles. The second kappa shape index (κ2) is 9.35. The van der Waals surface area contributed by atoms with Gasteiger partial charge >= 0.3 is 0 Å². The van der Waals surface area contributed by atoms with E-state index < -0.39 is 5.54 Å². The molecule has 1 aliphatic rings. The molecule has 2 aromatic rings. The molecule has 0 aliphatic heterocycles. The number of carbonyl (C=O) groups is 2. The summed E-state index contributed by atoms with van der Waals surface area (Å²) in [4.78, 5) is 29.8. The van der Waals surface area contributed by atoms with Gasteiger partial charge in [-0.1, -0.05) is 45.9 Å². The number of phenols is 1. The molecule has 0 bridgehead atoms. The molecule has 1 aliphatic carbocycles. The fourth-order valence-electron chi connectivity index (χ4n) is 3.74. The van der Waals surface area contributed by atoms with Crippen molar-refractivity contribution in [2.75, 3.05) is 11.9 Å². The maximum absolute atomic E-state index is 12.9. The molecule has 0 spiro atoms. The van der Waals surface area contributed by atoms with Gasteiger partial charge in [-0.2, -0.15) is 0 Å². The standard InChI is InChI=1S/C24H31ClN4O3S/c1-7-19(31)27-12-24(10-13(24)2)29-22(32)21-14(3)33-20(28-21)11-26-17-8-15(23(4,5)6)16(25)9-18(17)30/h7-9,13,26,30H,1,10-12H2,2-6H3,(H,27,31)(H,29,32)/t13-,24-/m1/s1. The van der Waals surface area contributed by atoms with Gasteiger partial charge in [0.25, 0.3) is 5.91 Å². The minimum absolute atomic E-state index is 0.0606. The Bertz CT molecular complexity index is 1090. The van der Waals surface area contributed by atoms with Crippen LogP contribution in [0, 0.1) is 12.8 Å². The van der Waals surface area contributed by atoms with Gasteiger partial charge in [-0.15, -0.1) is 11.3 Å². The number of anilines is 1. The number of thiazole rings is 1. The molecule has 9 heteroatoms. The van der Waals surface area contributed by atoms with E-state index in [0.717, 1.165) is 21.9 Å². The van der Waals surface area contributed by atoms with Crippen LogP contribution in [0.2, 0.25) is 5.02 Å². The lowest BCUT2D eigenvalue weighted by molar-refractivity contribution is -0.116. The van der Waals surface area contributed by atoms with Gasteiger partial charge in [-0.25, -0.2) is 4.98 Å². The highest BCUT2D eigenvalue weighted by atomic mass is 35.5. The number of aromatic hydroxyl groups is 1. The molecule has 1 saturated carbocycles. The van der Waals surface area contributed by atoms with E-state index >= 15 is 0 Å². The fourth-order valence-corrected chi connectivity index (χ4v) is 5.05. The summed E-state index contributed by atoms with van der Waals surface area (Å²) in [6, 6.07) is 3.39. The molecule has 4 N–H and O–H groups in total. The van der Waals surface area contributed by atoms with Crippen LogP contribution in [0.25, 0.3) is 0 Å². The van der Waals surface area contributed by atoms with Gasteiger partial charge in [0.2, 0.25) is 5.91 Å². The van der Waals surface area contributed by atoms with Crippen molar-refractivity contribution >= 4 is 40.4 Å². The average Bonchev–Trinajstić information content (AvgIpc) is 3.18. The number of benzene rings is 1. The summed E-state index contributed by atoms with van der Waals surface area (Å²) in [7, 11) is 0. The topological polar surface area (TPSA) is 103 Å². The van der Waals surface area contributed by atoms with Gasteiger partial charge in [0, 0.05) is 22.5 Å². The van der Waals surface area contributed by atoms with E-state index in [-0.39, 0.29) is 28.9 Å². The zero-order valence-corrected chi connectivity index (χ0v) is 21.2. The van der Waals surface area contributed by atoms with Crippen LogP contribution in [0.5, 0.6) is 5.75 Å². The maximum atomic E-state index is 12.9. The SMILES string of the molecule is C=CC(=O)NC[C@]1(NC(=O)c2nc(CNc3cc(C(C)(C)C)c(Cl)cc3O)sc2C)C[C@H]1C. The van der Waals surface area contributed by atoms with E-state index in [1.54, 1.807) is 0 Å². The predicted octanol–water partition coefficient (Wildman–Crippen LogP) is 4.53. The van der Waals surface area contributed by atoms with Crippen LogP contribution >= 0.6 is 22.9 Å². The van der Waals surface area contributed by atoms with E-state index in [0.29, 0.717) is 29.5 Å². The second-order valence-electron chi connectivity index (χ2n) is 9.60. The highest BCUT2D eigenvalue weighted by Crippen LogP contribution is 2.43. The van der Waals surface area contributed by atoms with Crippen molar-refractivity contribution in [3.63, 3.8) is 0 Å². The Morgan fingerprint density at radius 1 is 1.39 bits per heavy atom. The fraction of sp³-hybridized carbons (Fsp3) is 0.458. The number of aromatic nitrogens is 1. The van der Waals surface area contributed by atoms with Crippen molar-refractivity contribution < 1.29 is 14.7 Å². The molecule has 0 unspecified atom stereocenters. The smallest absolute Gasteiger partial charge is 0.271 e. The van der Waals surface area contributed by atoms with E-state index in [1.165, 1.54) is 23.5 Å². The van der Waals surface area contributed by atoms with E-state index in [2.05, 4.69) is 48.3 Å². The number of phenolic OH excluding ortho intramolecular Hbond substituents is 1. The summed E-state index contributed by atoms with van der Waals surface area (Å²) in [6.07, 6.45) is 2.01. The number of hydrogen-bond donors (Lipinski definition) is 4.